The number of hydrogen-bond donors (Lipinski definition) is 17. The molecule has 0 aromatic heterocycles. The first kappa shape index (κ1) is 65.3. The fraction of sp³-hybridized carbons (Fsp3) is 1.00. The third-order valence-electron chi connectivity index (χ3n) is 22.2. The van der Waals surface area contributed by atoms with Crippen LogP contribution in [0.5, 0.6) is 0 Å². The van der Waals surface area contributed by atoms with Gasteiger partial charge in [-0.05, 0) is 85.4 Å². The summed E-state index contributed by atoms with van der Waals surface area (Å²) in [4.78, 5) is 0. The smallest absolute Gasteiger partial charge is 0.187 e. The average molecular weight is 1230 g/mol. The molecule has 11 rings (SSSR count). The van der Waals surface area contributed by atoms with Crippen molar-refractivity contribution in [3.05, 3.63) is 0 Å². The molecule has 11 fully saturated rings. The zero-order valence-electron chi connectivity index (χ0n) is 48.1. The van der Waals surface area contributed by atoms with Crippen LogP contribution < -0.4 is 0 Å². The van der Waals surface area contributed by atoms with Crippen molar-refractivity contribution in [1.82, 2.24) is 0 Å². The molecule has 7 saturated heterocycles. The topological polar surface area (TPSA) is 455 Å². The minimum Gasteiger partial charge on any atom is -0.394 e. The van der Waals surface area contributed by atoms with Crippen LogP contribution in [0.1, 0.15) is 79.1 Å². The van der Waals surface area contributed by atoms with Crippen LogP contribution in [0.3, 0.4) is 0 Å². The van der Waals surface area contributed by atoms with Crippen LogP contribution >= 0.6 is 0 Å². The minimum atomic E-state index is -2.21. The Morgan fingerprint density at radius 1 is 0.447 bits per heavy atom. The lowest BCUT2D eigenvalue weighted by Crippen LogP contribution is -2.69. The van der Waals surface area contributed by atoms with Crippen LogP contribution in [0.25, 0.3) is 0 Å². The molecule has 7 heterocycles. The first-order valence-electron chi connectivity index (χ1n) is 30.5. The van der Waals surface area contributed by atoms with Crippen LogP contribution in [0.15, 0.2) is 0 Å². The van der Waals surface area contributed by atoms with Crippen LogP contribution in [0.4, 0.5) is 0 Å². The lowest BCUT2D eigenvalue weighted by molar-refractivity contribution is -0.410. The van der Waals surface area contributed by atoms with Gasteiger partial charge in [-0.25, -0.2) is 0 Å². The monoisotopic (exact) mass is 1230 g/mol. The van der Waals surface area contributed by atoms with E-state index in [9.17, 15) is 86.8 Å². The number of rotatable bonds is 14. The van der Waals surface area contributed by atoms with Crippen molar-refractivity contribution in [1.29, 1.82) is 0 Å². The predicted octanol–water partition coefficient (Wildman–Crippen LogP) is -6.50. The highest BCUT2D eigenvalue weighted by atomic mass is 16.8. The van der Waals surface area contributed by atoms with Gasteiger partial charge in [0.15, 0.2) is 37.2 Å². The Morgan fingerprint density at radius 2 is 1.01 bits per heavy atom. The minimum absolute atomic E-state index is 0.00749. The zero-order valence-corrected chi connectivity index (χ0v) is 48.1. The Morgan fingerprint density at radius 3 is 1.67 bits per heavy atom. The van der Waals surface area contributed by atoms with Gasteiger partial charge in [0.2, 0.25) is 0 Å². The number of fused-ring (bicyclic) bond motifs is 7. The van der Waals surface area contributed by atoms with Crippen LogP contribution in [0, 0.1) is 52.3 Å². The molecule has 0 aromatic rings. The summed E-state index contributed by atoms with van der Waals surface area (Å²) >= 11 is 0. The fourth-order valence-corrected chi connectivity index (χ4v) is 17.4. The van der Waals surface area contributed by atoms with Crippen LogP contribution in [0.2, 0.25) is 0 Å². The summed E-state index contributed by atoms with van der Waals surface area (Å²) < 4.78 is 72.8. The van der Waals surface area contributed by atoms with E-state index in [-0.39, 0.29) is 52.4 Å². The molecule has 4 aliphatic carbocycles. The second-order valence-corrected chi connectivity index (χ2v) is 26.9. The Kier molecular flexibility index (Phi) is 19.5. The van der Waals surface area contributed by atoms with Gasteiger partial charge in [-0.2, -0.15) is 0 Å². The van der Waals surface area contributed by atoms with E-state index in [1.165, 1.54) is 0 Å². The largest absolute Gasteiger partial charge is 0.394 e. The van der Waals surface area contributed by atoms with Gasteiger partial charge in [-0.15, -0.1) is 0 Å². The maximum absolute atomic E-state index is 12.3. The van der Waals surface area contributed by atoms with Gasteiger partial charge in [0.25, 0.3) is 0 Å². The second-order valence-electron chi connectivity index (χ2n) is 26.9. The lowest BCUT2D eigenvalue weighted by Gasteiger charge is -2.62. The van der Waals surface area contributed by atoms with Crippen molar-refractivity contribution in [3.8, 4) is 0 Å². The SMILES string of the molecule is CC1CC[C@@]2(OC1)O[C@H]1[C@@H](O)[C@H]3[C@@H]4CC[C@H]5C[C@@H](O[C@@H]6O[C@H](CO)[C@H](O[C@@H]7O[C@H](CO)[C@@H](O)[C@H](O[C@@H]8OC[C@@H](O)[C@H](O)[C@H]8O)[C@H]7O[C@@H]7O[C@H](CO)[C@@H](O)[C@H](O[C@@H]8O[C@H](CO)[C@@H](O)[C@H](O)[C@H]8O)[C@H]7O)[C@H](O)[C@H]6O)[C@H](O)C[C@]5(C)[C@H]4CC[C@]3(C)[C@H]1[C@@H]2C. The first-order chi connectivity index (χ1) is 40.3. The molecule has 38 atom stereocenters. The maximum Gasteiger partial charge on any atom is 0.187 e. The van der Waals surface area contributed by atoms with Crippen molar-refractivity contribution in [2.75, 3.05) is 39.6 Å². The summed E-state index contributed by atoms with van der Waals surface area (Å²) in [6, 6.07) is 0. The molecule has 17 N–H and O–H groups in total. The van der Waals surface area contributed by atoms with E-state index in [1.54, 1.807) is 0 Å². The zero-order chi connectivity index (χ0) is 61.1. The van der Waals surface area contributed by atoms with E-state index in [0.29, 0.717) is 25.4 Å². The first-order valence-corrected chi connectivity index (χ1v) is 30.5. The fourth-order valence-electron chi connectivity index (χ4n) is 17.4. The van der Waals surface area contributed by atoms with E-state index >= 15 is 0 Å². The summed E-state index contributed by atoms with van der Waals surface area (Å²) in [7, 11) is 0. The molecular weight excluding hydrogens is 1140 g/mol. The Labute approximate surface area is 491 Å². The molecule has 29 nitrogen and oxygen atoms in total. The normalized spacial score (nSPS) is 58.1. The van der Waals surface area contributed by atoms with Crippen molar-refractivity contribution in [3.63, 3.8) is 0 Å². The lowest BCUT2D eigenvalue weighted by atomic mass is 9.44. The van der Waals surface area contributed by atoms with Gasteiger partial charge in [0.05, 0.1) is 64.1 Å². The van der Waals surface area contributed by atoms with Crippen molar-refractivity contribution >= 4 is 0 Å². The van der Waals surface area contributed by atoms with Crippen molar-refractivity contribution in [2.45, 2.75) is 257 Å². The molecule has 11 aliphatic rings. The van der Waals surface area contributed by atoms with Crippen molar-refractivity contribution in [2.24, 2.45) is 52.3 Å². The van der Waals surface area contributed by atoms with Gasteiger partial charge < -0.3 is 144 Å². The van der Waals surface area contributed by atoms with E-state index in [1.807, 2.05) is 0 Å². The summed E-state index contributed by atoms with van der Waals surface area (Å²) in [6.07, 6.45) is -42.5. The summed E-state index contributed by atoms with van der Waals surface area (Å²) in [6.45, 7) is 5.21. The molecule has 29 heteroatoms. The summed E-state index contributed by atoms with van der Waals surface area (Å²) in [5, 5.41) is 188. The molecule has 0 amide bonds. The van der Waals surface area contributed by atoms with Gasteiger partial charge in [-0.3, -0.25) is 0 Å². The van der Waals surface area contributed by atoms with E-state index in [2.05, 4.69) is 27.7 Å². The van der Waals surface area contributed by atoms with Crippen LogP contribution in [-0.4, -0.2) is 304 Å². The van der Waals surface area contributed by atoms with E-state index < -0.39 is 205 Å². The molecule has 0 bridgehead atoms. The molecular formula is C56H92O29. The molecule has 7 aliphatic heterocycles. The molecule has 0 aromatic carbocycles. The Bertz CT molecular complexity index is 2220. The summed E-state index contributed by atoms with van der Waals surface area (Å²) in [5.41, 5.74) is -0.531. The highest BCUT2D eigenvalue weighted by Crippen LogP contribution is 2.71. The predicted molar refractivity (Wildman–Crippen MR) is 278 cm³/mol. The van der Waals surface area contributed by atoms with Gasteiger partial charge in [0.1, 0.15) is 116 Å². The molecule has 490 valence electrons. The maximum atomic E-state index is 12.3. The highest BCUT2D eigenvalue weighted by Gasteiger charge is 2.73. The molecule has 1 unspecified atom stereocenters. The Hall–Kier alpha value is -1.16. The summed E-state index contributed by atoms with van der Waals surface area (Å²) in [5.74, 6) is 0.388. The van der Waals surface area contributed by atoms with Gasteiger partial charge >= 0.3 is 0 Å². The second kappa shape index (κ2) is 25.4. The highest BCUT2D eigenvalue weighted by molar-refractivity contribution is 5.19. The number of ether oxygens (including phenoxy) is 12. The molecule has 0 radical (unpaired) electrons. The van der Waals surface area contributed by atoms with Gasteiger partial charge in [-0.1, -0.05) is 27.7 Å². The Balaban J connectivity index is 0.797. The number of hydrogen-bond acceptors (Lipinski definition) is 29. The number of aliphatic hydroxyl groups is 17. The number of aliphatic hydroxyl groups excluding tert-OH is 17. The quantitative estimate of drug-likeness (QED) is 0.0719. The average Bonchev–Trinajstić information content (AvgIpc) is 1.59. The molecule has 1 spiro atoms. The third kappa shape index (κ3) is 11.3. The molecule has 4 saturated carbocycles. The standard InChI is InChI=1S/C56H92O29/c1-19-7-10-56(75-17-19)20(2)31-45(85-56)37(67)32-22-6-5-21-11-26(24(61)12-55(21,4)23(22)8-9-54(31,32)3)76-50-42(72)39(69)44(30(16-60)80-50)81-53-48(47(36(66)29(15-59)79-53)83-49-40(70)33(63)25(62)18-74-49)84-52-43(73)46(35(65)28(14-58)78-52)82-51-41(71)38(68)34(64)27(13-57)77-51/h19-53,57-73H,5-18H2,1-4H3/t19?,20-,21-,22+,23-,24+,25+,26+,27+,28+,29+,30+,31-,32+,33-,34+,35+,36+,37-,38-,39+,40+,41+,42+,43+,44-,45+,46-,47-,48+,49-,50+,51-,52-,53-,54+,55-,56+/m0/s1. The van der Waals surface area contributed by atoms with Gasteiger partial charge in [0, 0.05) is 18.3 Å². The van der Waals surface area contributed by atoms with E-state index in [0.717, 1.165) is 38.5 Å². The van der Waals surface area contributed by atoms with Crippen molar-refractivity contribution < 1.29 is 144 Å². The van der Waals surface area contributed by atoms with Crippen LogP contribution in [-0.2, 0) is 56.8 Å². The molecule has 85 heavy (non-hydrogen) atoms. The van der Waals surface area contributed by atoms with E-state index in [4.69, 9.17) is 56.8 Å². The third-order valence-corrected chi connectivity index (χ3v) is 22.2.